The third-order valence-corrected chi connectivity index (χ3v) is 16.0. The van der Waals surface area contributed by atoms with E-state index in [0.29, 0.717) is 89.5 Å². The van der Waals surface area contributed by atoms with Gasteiger partial charge in [-0.25, -0.2) is 0 Å². The number of hydrogen-bond acceptors (Lipinski definition) is 6. The maximum absolute atomic E-state index is 13.1. The number of nitrogens with one attached hydrogen (secondary N) is 3. The number of allylic oxidation sites excluding steroid dienone is 2. The van der Waals surface area contributed by atoms with Crippen LogP contribution in [0.5, 0.6) is 0 Å². The van der Waals surface area contributed by atoms with Crippen LogP contribution in [-0.2, 0) is 25.6 Å². The van der Waals surface area contributed by atoms with Gasteiger partial charge in [-0.1, -0.05) is 199 Å². The summed E-state index contributed by atoms with van der Waals surface area (Å²) in [7, 11) is 0. The minimum atomic E-state index is -0.204. The van der Waals surface area contributed by atoms with Crippen molar-refractivity contribution in [2.45, 2.75) is 19.3 Å². The number of ketones is 3. The van der Waals surface area contributed by atoms with E-state index in [4.69, 9.17) is 23.2 Å². The predicted octanol–water partition coefficient (Wildman–Crippen LogP) is 14.4. The number of carbonyl (C=O) groups is 5. The number of rotatable bonds is 6. The molecule has 0 atom stereocenters. The molecule has 10 aromatic rings. The van der Waals surface area contributed by atoms with E-state index in [9.17, 15) is 28.8 Å². The highest BCUT2D eigenvalue weighted by Crippen LogP contribution is 2.44. The third kappa shape index (κ3) is 9.41. The molecule has 9 nitrogen and oxygen atoms in total. The van der Waals surface area contributed by atoms with Crippen molar-refractivity contribution in [1.82, 2.24) is 15.6 Å². The Morgan fingerprint density at radius 1 is 0.329 bits per heavy atom. The Balaban J connectivity index is 0.000000118. The topological polar surface area (TPSA) is 142 Å². The minimum absolute atomic E-state index is 0.00561. The molecule has 5 aliphatic rings. The molecule has 0 saturated heterocycles. The molecule has 9 aromatic carbocycles. The summed E-state index contributed by atoms with van der Waals surface area (Å²) in [5.74, 6) is -0.463. The highest BCUT2D eigenvalue weighted by molar-refractivity contribution is 6.33. The van der Waals surface area contributed by atoms with Crippen LogP contribution in [0.3, 0.4) is 0 Å². The molecule has 2 aliphatic heterocycles. The van der Waals surface area contributed by atoms with Crippen molar-refractivity contribution in [2.75, 3.05) is 0 Å². The molecule has 0 fully saturated rings. The standard InChI is InChI=1S/C31H21NO2.C21H11Cl2NO2.C19H13NO2/c33-27-19-26(24-15-11-22(12-16-24)20-7-3-1-4-8-20)28-29(27)30(32-31(28)34)25-17-13-23(14-18-25)21-9-5-2-6-10-21;22-12-2-1-10-5-11-6-16-19(9-15(11)20(25)14(10)7-12)24-18-4-3-13(23)8-17(18)21(16)26;21-15-11-14(12-7-3-1-4-8-12)16-17(15)18(20-19(16)22)13-9-5-2-6-10-13/h1-18H,19H2,(H,32,34);1-4,6-9H,5H2,(H,24,26);1-10H,11H2,(H,20,22). The van der Waals surface area contributed by atoms with Gasteiger partial charge in [0.2, 0.25) is 0 Å². The van der Waals surface area contributed by atoms with Gasteiger partial charge in [-0.15, -0.1) is 0 Å². The molecule has 3 heterocycles. The molecule has 2 amide bonds. The maximum atomic E-state index is 13.1. The highest BCUT2D eigenvalue weighted by Gasteiger charge is 2.42. The summed E-state index contributed by atoms with van der Waals surface area (Å²) in [5.41, 5.74) is 17.2. The lowest BCUT2D eigenvalue weighted by Crippen LogP contribution is -2.16. The average molecular weight is 1110 g/mol. The molecule has 394 valence electrons. The quantitative estimate of drug-likeness (QED) is 0.142. The molecule has 0 radical (unpaired) electrons. The number of amides is 2. The Bertz CT molecular complexity index is 4370. The normalized spacial score (nSPS) is 15.0. The van der Waals surface area contributed by atoms with Crippen LogP contribution in [0.4, 0.5) is 0 Å². The minimum Gasteiger partial charge on any atom is -0.354 e. The number of hydrogen-bond donors (Lipinski definition) is 3. The van der Waals surface area contributed by atoms with Crippen LogP contribution >= 0.6 is 23.2 Å². The molecule has 11 heteroatoms. The van der Waals surface area contributed by atoms with Gasteiger partial charge in [0.25, 0.3) is 11.8 Å². The van der Waals surface area contributed by atoms with E-state index in [1.165, 1.54) is 0 Å². The zero-order valence-electron chi connectivity index (χ0n) is 43.6. The number of halogens is 2. The molecule has 0 spiro atoms. The first-order valence-electron chi connectivity index (χ1n) is 26.6. The summed E-state index contributed by atoms with van der Waals surface area (Å²) >= 11 is 12.1. The van der Waals surface area contributed by atoms with Crippen molar-refractivity contribution < 1.29 is 24.0 Å². The van der Waals surface area contributed by atoms with E-state index in [2.05, 4.69) is 39.9 Å². The second-order valence-electron chi connectivity index (χ2n) is 20.4. The molecule has 82 heavy (non-hydrogen) atoms. The monoisotopic (exact) mass is 1110 g/mol. The molecule has 3 N–H and O–H groups in total. The number of H-pyrrole nitrogens is 1. The number of aromatic nitrogens is 1. The van der Waals surface area contributed by atoms with Crippen molar-refractivity contribution in [3.05, 3.63) is 305 Å². The molecular formula is C71H45Cl2N3O6. The Kier molecular flexibility index (Phi) is 13.3. The summed E-state index contributed by atoms with van der Waals surface area (Å²) < 4.78 is 0. The van der Waals surface area contributed by atoms with Crippen LogP contribution in [0.2, 0.25) is 10.0 Å². The predicted molar refractivity (Wildman–Crippen MR) is 325 cm³/mol. The summed E-state index contributed by atoms with van der Waals surface area (Å²) in [4.78, 5) is 80.0. The van der Waals surface area contributed by atoms with Crippen molar-refractivity contribution in [1.29, 1.82) is 0 Å². The second-order valence-corrected chi connectivity index (χ2v) is 21.3. The van der Waals surface area contributed by atoms with E-state index in [0.717, 1.165) is 66.8 Å². The van der Waals surface area contributed by atoms with Gasteiger partial charge in [-0.2, -0.15) is 0 Å². The van der Waals surface area contributed by atoms with Gasteiger partial charge in [0, 0.05) is 50.3 Å². The van der Waals surface area contributed by atoms with Crippen molar-refractivity contribution in [2.24, 2.45) is 0 Å². The molecular weight excluding hydrogens is 1060 g/mol. The van der Waals surface area contributed by atoms with Crippen molar-refractivity contribution >= 4 is 96.7 Å². The molecule has 1 aromatic heterocycles. The lowest BCUT2D eigenvalue weighted by molar-refractivity contribution is -0.116. The van der Waals surface area contributed by atoms with Gasteiger partial charge < -0.3 is 15.6 Å². The molecule has 0 saturated carbocycles. The number of fused-ring (bicyclic) bond motifs is 6. The number of aromatic amines is 1. The van der Waals surface area contributed by atoms with Crippen molar-refractivity contribution in [3.8, 4) is 22.3 Å². The van der Waals surface area contributed by atoms with Crippen LogP contribution in [0, 0.1) is 0 Å². The summed E-state index contributed by atoms with van der Waals surface area (Å²) in [6, 6.07) is 69.6. The summed E-state index contributed by atoms with van der Waals surface area (Å²) in [6.07, 6.45) is 1.13. The highest BCUT2D eigenvalue weighted by atomic mass is 35.5. The van der Waals surface area contributed by atoms with E-state index in [-0.39, 0.29) is 41.0 Å². The largest absolute Gasteiger partial charge is 0.354 e. The number of Topliss-reactive ketones (excluding diaryl/α,β-unsaturated/α-hetero) is 2. The summed E-state index contributed by atoms with van der Waals surface area (Å²) in [5, 5.41) is 7.98. The lowest BCUT2D eigenvalue weighted by Gasteiger charge is -2.19. The fraction of sp³-hybridized carbons (Fsp3) is 0.0423. The first kappa shape index (κ1) is 51.4. The number of benzene rings is 9. The Morgan fingerprint density at radius 2 is 0.732 bits per heavy atom. The Labute approximate surface area is 480 Å². The molecule has 0 unspecified atom stereocenters. The smallest absolute Gasteiger partial charge is 0.256 e. The third-order valence-electron chi connectivity index (χ3n) is 15.5. The van der Waals surface area contributed by atoms with Gasteiger partial charge >= 0.3 is 0 Å². The van der Waals surface area contributed by atoms with Crippen LogP contribution in [-0.4, -0.2) is 34.1 Å². The van der Waals surface area contributed by atoms with Crippen molar-refractivity contribution in [3.63, 3.8) is 0 Å². The van der Waals surface area contributed by atoms with Gasteiger partial charge in [0.15, 0.2) is 22.8 Å². The number of pyridine rings is 1. The lowest BCUT2D eigenvalue weighted by atomic mass is 9.84. The average Bonchev–Trinajstić information content (AvgIpc) is 3.54. The van der Waals surface area contributed by atoms with Crippen LogP contribution in [0.15, 0.2) is 245 Å². The Morgan fingerprint density at radius 3 is 1.27 bits per heavy atom. The maximum Gasteiger partial charge on any atom is 0.256 e. The Hall–Kier alpha value is -10.1. The summed E-state index contributed by atoms with van der Waals surface area (Å²) in [6.45, 7) is 0. The number of carbonyl (C=O) groups excluding carboxylic acids is 5. The van der Waals surface area contributed by atoms with E-state index < -0.39 is 0 Å². The molecule has 15 rings (SSSR count). The van der Waals surface area contributed by atoms with E-state index in [1.54, 1.807) is 36.4 Å². The van der Waals surface area contributed by atoms with Gasteiger partial charge in [0.05, 0.1) is 39.2 Å². The van der Waals surface area contributed by atoms with Gasteiger partial charge in [-0.05, 0) is 116 Å². The first-order chi connectivity index (χ1) is 39.9. The zero-order chi connectivity index (χ0) is 56.2. The van der Waals surface area contributed by atoms with E-state index in [1.807, 2.05) is 158 Å². The SMILES string of the molecule is O=C1CC(c2ccc(-c3ccccc3)cc2)=C2C(=O)NC(c3ccc(-c4ccccc4)cc3)=C12.O=C1CC(c2ccccc2)=C2C(=O)NC(c3ccccc3)=C12.O=C1c2cc(Cl)ccc2Cc2cc3c(=O)c4cc(Cl)ccc4[nH]c3cc21. The molecule has 3 aliphatic carbocycles. The fourth-order valence-electron chi connectivity index (χ4n) is 11.5. The van der Waals surface area contributed by atoms with Crippen LogP contribution < -0.4 is 16.1 Å². The fourth-order valence-corrected chi connectivity index (χ4v) is 11.9. The van der Waals surface area contributed by atoms with Crippen LogP contribution in [0.25, 0.3) is 66.6 Å². The molecule has 0 bridgehead atoms. The first-order valence-corrected chi connectivity index (χ1v) is 27.4. The van der Waals surface area contributed by atoms with E-state index >= 15 is 0 Å². The zero-order valence-corrected chi connectivity index (χ0v) is 45.1. The van der Waals surface area contributed by atoms with Gasteiger partial charge in [-0.3, -0.25) is 28.8 Å². The van der Waals surface area contributed by atoms with Crippen LogP contribution in [0.1, 0.15) is 62.1 Å². The van der Waals surface area contributed by atoms with Gasteiger partial charge in [0.1, 0.15) is 0 Å². The second kappa shape index (κ2) is 21.2.